The van der Waals surface area contributed by atoms with Crippen LogP contribution in [0.2, 0.25) is 0 Å². The molecule has 4 saturated carbocycles. The van der Waals surface area contributed by atoms with Crippen LogP contribution in [0.5, 0.6) is 0 Å². The highest BCUT2D eigenvalue weighted by Gasteiger charge is 2.69. The third-order valence-electron chi connectivity index (χ3n) is 12.8. The molecule has 4 aliphatic carbocycles. The predicted molar refractivity (Wildman–Crippen MR) is 152 cm³/mol. The topological polar surface area (TPSA) is 138 Å². The van der Waals surface area contributed by atoms with Crippen molar-refractivity contribution in [1.29, 1.82) is 0 Å². The van der Waals surface area contributed by atoms with Crippen molar-refractivity contribution in [3.05, 3.63) is 11.6 Å². The van der Waals surface area contributed by atoms with Gasteiger partial charge in [0, 0.05) is 36.5 Å². The van der Waals surface area contributed by atoms with E-state index in [4.69, 9.17) is 14.2 Å². The van der Waals surface area contributed by atoms with Crippen molar-refractivity contribution in [2.24, 2.45) is 39.5 Å². The normalized spacial score (nSPS) is 52.1. The van der Waals surface area contributed by atoms with Crippen molar-refractivity contribution in [3.63, 3.8) is 0 Å². The van der Waals surface area contributed by atoms with Gasteiger partial charge in [0.2, 0.25) is 6.29 Å². The number of carbonyl (C=O) groups is 1. The van der Waals surface area contributed by atoms with Gasteiger partial charge in [-0.2, -0.15) is 0 Å². The lowest BCUT2D eigenvalue weighted by Gasteiger charge is -2.64. The molecular formula is C31H45NO8S. The second kappa shape index (κ2) is 9.74. The van der Waals surface area contributed by atoms with Gasteiger partial charge in [0.25, 0.3) is 5.79 Å². The lowest BCUT2D eigenvalue weighted by Crippen LogP contribution is -2.66. The highest BCUT2D eigenvalue weighted by atomic mass is 32.2. The van der Waals surface area contributed by atoms with Crippen LogP contribution in [0.15, 0.2) is 16.6 Å². The first kappa shape index (κ1) is 28.7. The average Bonchev–Trinajstić information content (AvgIpc) is 3.65. The van der Waals surface area contributed by atoms with E-state index in [9.17, 15) is 25.2 Å². The van der Waals surface area contributed by atoms with E-state index >= 15 is 0 Å². The zero-order valence-electron chi connectivity index (χ0n) is 24.2. The Labute approximate surface area is 246 Å². The molecule has 0 aromatic heterocycles. The number of aliphatic hydroxyl groups is 4. The molecule has 0 bridgehead atoms. The maximum atomic E-state index is 12.5. The van der Waals surface area contributed by atoms with Gasteiger partial charge < -0.3 is 34.6 Å². The first-order chi connectivity index (χ1) is 19.5. The van der Waals surface area contributed by atoms with E-state index in [2.05, 4.69) is 11.9 Å². The summed E-state index contributed by atoms with van der Waals surface area (Å²) in [7, 11) is 0. The van der Waals surface area contributed by atoms with E-state index in [1.165, 1.54) is 11.8 Å². The Bertz CT molecular complexity index is 1150. The maximum absolute atomic E-state index is 12.5. The second-order valence-corrected chi connectivity index (χ2v) is 15.6. The van der Waals surface area contributed by atoms with Gasteiger partial charge in [-0.15, -0.1) is 11.8 Å². The van der Waals surface area contributed by atoms with Gasteiger partial charge in [0.15, 0.2) is 4.87 Å². The minimum absolute atomic E-state index is 0.0879. The Hall–Kier alpha value is -1.01. The van der Waals surface area contributed by atoms with Crippen LogP contribution in [0.3, 0.4) is 0 Å². The van der Waals surface area contributed by atoms with Crippen molar-refractivity contribution in [1.82, 2.24) is 0 Å². The number of fused-ring (bicyclic) bond motifs is 5. The van der Waals surface area contributed by atoms with E-state index in [0.717, 1.165) is 50.5 Å². The molecule has 7 rings (SSSR count). The van der Waals surface area contributed by atoms with Crippen molar-refractivity contribution < 1.29 is 39.4 Å². The smallest absolute Gasteiger partial charge is 0.331 e. The molecule has 228 valence electrons. The molecule has 0 amide bonds. The number of hydrogen-bond donors (Lipinski definition) is 4. The number of ether oxygens (including phenoxy) is 3. The molecule has 3 aliphatic heterocycles. The fraction of sp³-hybridized carbons (Fsp3) is 0.871. The van der Waals surface area contributed by atoms with E-state index < -0.39 is 22.5 Å². The summed E-state index contributed by atoms with van der Waals surface area (Å²) in [6.45, 7) is 4.56. The van der Waals surface area contributed by atoms with Gasteiger partial charge in [0.1, 0.15) is 6.61 Å². The fourth-order valence-corrected chi connectivity index (χ4v) is 11.9. The number of aliphatic hydroxyl groups excluding tert-OH is 1. The quantitative estimate of drug-likeness (QED) is 0.221. The van der Waals surface area contributed by atoms with Crippen LogP contribution < -0.4 is 0 Å². The predicted octanol–water partition coefficient (Wildman–Crippen LogP) is 2.93. The number of aliphatic imine (C=N–C) groups is 1. The lowest BCUT2D eigenvalue weighted by molar-refractivity contribution is -0.375. The first-order valence-corrected chi connectivity index (χ1v) is 16.6. The van der Waals surface area contributed by atoms with Crippen LogP contribution >= 0.6 is 11.8 Å². The van der Waals surface area contributed by atoms with Gasteiger partial charge in [0.05, 0.1) is 17.8 Å². The third-order valence-corrected chi connectivity index (χ3v) is 14.1. The molecule has 10 heteroatoms. The molecule has 0 aromatic rings. The lowest BCUT2D eigenvalue weighted by atomic mass is 9.43. The molecule has 5 fully saturated rings. The van der Waals surface area contributed by atoms with E-state index in [0.29, 0.717) is 31.6 Å². The van der Waals surface area contributed by atoms with Gasteiger partial charge >= 0.3 is 5.97 Å². The Morgan fingerprint density at radius 3 is 2.63 bits per heavy atom. The summed E-state index contributed by atoms with van der Waals surface area (Å²) in [5.74, 6) is -1.19. The Morgan fingerprint density at radius 2 is 1.93 bits per heavy atom. The van der Waals surface area contributed by atoms with Gasteiger partial charge in [-0.25, -0.2) is 4.79 Å². The Balaban J connectivity index is 1.09. The minimum Gasteiger partial charge on any atom is -0.458 e. The third kappa shape index (κ3) is 3.97. The average molecular weight is 592 g/mol. The SMILES string of the molecule is C[C@@H]1CC2(N=CCS2)C(O)(O)[C@H](O[C@H]2CC[C@]3(CO)C4CC[C@]5(C)[C@@H](C6=CC(=O)OC6)CC[C@]5(O)[C@@H]4CC[C@H]3C2)O1. The molecule has 0 radical (unpaired) electrons. The maximum Gasteiger partial charge on any atom is 0.331 e. The van der Waals surface area contributed by atoms with Gasteiger partial charge in [-0.1, -0.05) is 6.92 Å². The summed E-state index contributed by atoms with van der Waals surface area (Å²) in [5, 5.41) is 46.0. The van der Waals surface area contributed by atoms with Gasteiger partial charge in [-0.05, 0) is 99.4 Å². The van der Waals surface area contributed by atoms with Crippen LogP contribution in [0.25, 0.3) is 0 Å². The molecule has 2 unspecified atom stereocenters. The molecule has 7 aliphatic rings. The molecule has 41 heavy (non-hydrogen) atoms. The van der Waals surface area contributed by atoms with Crippen LogP contribution in [-0.2, 0) is 19.0 Å². The summed E-state index contributed by atoms with van der Waals surface area (Å²) >= 11 is 1.42. The molecular weight excluding hydrogens is 546 g/mol. The second-order valence-electron chi connectivity index (χ2n) is 14.3. The minimum atomic E-state index is -2.24. The number of hydrogen-bond acceptors (Lipinski definition) is 10. The van der Waals surface area contributed by atoms with Crippen molar-refractivity contribution in [2.45, 2.75) is 113 Å². The fourth-order valence-electron chi connectivity index (χ4n) is 10.7. The van der Waals surface area contributed by atoms with Crippen molar-refractivity contribution >= 4 is 23.9 Å². The zero-order valence-corrected chi connectivity index (χ0v) is 25.0. The number of nitrogens with zero attached hydrogens (tertiary/aromatic N) is 1. The summed E-state index contributed by atoms with van der Waals surface area (Å²) in [5.41, 5.74) is -0.399. The summed E-state index contributed by atoms with van der Waals surface area (Å²) in [6.07, 6.45) is 9.53. The van der Waals surface area contributed by atoms with Crippen molar-refractivity contribution in [2.75, 3.05) is 19.0 Å². The Morgan fingerprint density at radius 1 is 1.10 bits per heavy atom. The number of thioether (sulfide) groups is 1. The van der Waals surface area contributed by atoms with Crippen LogP contribution in [0, 0.1) is 34.5 Å². The van der Waals surface area contributed by atoms with Crippen LogP contribution in [-0.4, -0.2) is 86.3 Å². The highest BCUT2D eigenvalue weighted by molar-refractivity contribution is 8.01. The number of carbonyl (C=O) groups excluding carboxylic acids is 1. The number of esters is 1. The molecule has 3 heterocycles. The molecule has 0 aromatic carbocycles. The number of rotatable bonds is 4. The first-order valence-electron chi connectivity index (χ1n) is 15.6. The standard InChI is InChI=1S/C31H45NO8S/c1-18-15-30(32-11-12-41-30)31(36,37)26(39-18)40-21-5-9-28(17-33)20(14-21)3-4-24-23(28)6-8-27(2)22(7-10-29(24,27)35)19-13-25(34)38-16-19/h11,13,18,20-24,26,33,35-37H,3-10,12,14-17H2,1-2H3/t18-,20+,21+,22-,23?,24-,26+,27-,28-,29+,30?/m1/s1. The van der Waals surface area contributed by atoms with E-state index in [1.54, 1.807) is 12.3 Å². The molecule has 1 spiro atoms. The van der Waals surface area contributed by atoms with Crippen LogP contribution in [0.4, 0.5) is 0 Å². The molecule has 11 atom stereocenters. The van der Waals surface area contributed by atoms with Gasteiger partial charge in [-0.3, -0.25) is 4.99 Å². The number of cyclic esters (lactones) is 1. The largest absolute Gasteiger partial charge is 0.458 e. The van der Waals surface area contributed by atoms with Crippen LogP contribution in [0.1, 0.15) is 78.1 Å². The van der Waals surface area contributed by atoms with E-state index in [-0.39, 0.29) is 59.3 Å². The summed E-state index contributed by atoms with van der Waals surface area (Å²) in [4.78, 5) is 15.2. The Kier molecular flexibility index (Phi) is 6.83. The molecule has 4 N–H and O–H groups in total. The monoisotopic (exact) mass is 591 g/mol. The summed E-state index contributed by atoms with van der Waals surface area (Å²) in [6, 6.07) is 0. The van der Waals surface area contributed by atoms with E-state index in [1.807, 2.05) is 6.92 Å². The zero-order chi connectivity index (χ0) is 28.8. The highest BCUT2D eigenvalue weighted by Crippen LogP contribution is 2.70. The van der Waals surface area contributed by atoms with Crippen molar-refractivity contribution in [3.8, 4) is 0 Å². The molecule has 9 nitrogen and oxygen atoms in total. The summed E-state index contributed by atoms with van der Waals surface area (Å²) < 4.78 is 17.6. The molecule has 1 saturated heterocycles.